The van der Waals surface area contributed by atoms with Crippen molar-refractivity contribution in [3.8, 4) is 5.69 Å². The summed E-state index contributed by atoms with van der Waals surface area (Å²) >= 11 is 0. The van der Waals surface area contributed by atoms with Gasteiger partial charge in [0.05, 0.1) is 18.4 Å². The van der Waals surface area contributed by atoms with Crippen molar-refractivity contribution in [2.45, 2.75) is 12.8 Å². The van der Waals surface area contributed by atoms with E-state index in [9.17, 15) is 9.59 Å². The molecule has 0 bridgehead atoms. The van der Waals surface area contributed by atoms with Gasteiger partial charge in [0.2, 0.25) is 11.8 Å². The van der Waals surface area contributed by atoms with Gasteiger partial charge in [0, 0.05) is 37.1 Å². The van der Waals surface area contributed by atoms with Crippen molar-refractivity contribution in [3.63, 3.8) is 0 Å². The first-order valence-electron chi connectivity index (χ1n) is 9.68. The Morgan fingerprint density at radius 3 is 2.62 bits per heavy atom. The van der Waals surface area contributed by atoms with Crippen molar-refractivity contribution in [1.82, 2.24) is 15.1 Å². The van der Waals surface area contributed by atoms with Crippen molar-refractivity contribution in [3.05, 3.63) is 72.6 Å². The molecular formula is C22H23N5O2. The molecule has 2 heterocycles. The Balaban J connectivity index is 1.29. The molecule has 0 aliphatic carbocycles. The molecule has 0 radical (unpaired) electrons. The first kappa shape index (κ1) is 18.7. The zero-order chi connectivity index (χ0) is 20.1. The monoisotopic (exact) mass is 389 g/mol. The zero-order valence-corrected chi connectivity index (χ0v) is 16.0. The minimum absolute atomic E-state index is 0.0317. The SMILES string of the molecule is O=C1CN(c2ccc(NC(=O)CCc3cnn(-c4ccccc4)c3)cc2)CCN1. The Labute approximate surface area is 169 Å². The van der Waals surface area contributed by atoms with Gasteiger partial charge < -0.3 is 15.5 Å². The first-order valence-corrected chi connectivity index (χ1v) is 9.68. The fraction of sp³-hybridized carbons (Fsp3) is 0.227. The smallest absolute Gasteiger partial charge is 0.239 e. The van der Waals surface area contributed by atoms with Gasteiger partial charge in [-0.1, -0.05) is 18.2 Å². The molecule has 1 fully saturated rings. The summed E-state index contributed by atoms with van der Waals surface area (Å²) in [5.41, 5.74) is 3.74. The number of benzene rings is 2. The van der Waals surface area contributed by atoms with Crippen LogP contribution in [0.2, 0.25) is 0 Å². The number of carbonyl (C=O) groups is 2. The van der Waals surface area contributed by atoms with E-state index in [1.54, 1.807) is 6.20 Å². The van der Waals surface area contributed by atoms with E-state index in [1.165, 1.54) is 0 Å². The predicted octanol–water partition coefficient (Wildman–Crippen LogP) is 2.38. The summed E-state index contributed by atoms with van der Waals surface area (Å²) in [7, 11) is 0. The second kappa shape index (κ2) is 8.60. The molecule has 0 saturated carbocycles. The summed E-state index contributed by atoms with van der Waals surface area (Å²) < 4.78 is 1.81. The van der Waals surface area contributed by atoms with Crippen LogP contribution in [0.1, 0.15) is 12.0 Å². The van der Waals surface area contributed by atoms with Gasteiger partial charge in [-0.25, -0.2) is 4.68 Å². The molecule has 4 rings (SSSR count). The highest BCUT2D eigenvalue weighted by Crippen LogP contribution is 2.19. The summed E-state index contributed by atoms with van der Waals surface area (Å²) in [5, 5.41) is 10.1. The highest BCUT2D eigenvalue weighted by molar-refractivity contribution is 5.91. The van der Waals surface area contributed by atoms with Gasteiger partial charge >= 0.3 is 0 Å². The van der Waals surface area contributed by atoms with Crippen LogP contribution in [-0.4, -0.2) is 41.2 Å². The minimum atomic E-state index is -0.0393. The Hall–Kier alpha value is -3.61. The molecular weight excluding hydrogens is 366 g/mol. The average molecular weight is 389 g/mol. The number of nitrogens with zero attached hydrogens (tertiary/aromatic N) is 3. The number of hydrogen-bond acceptors (Lipinski definition) is 4. The van der Waals surface area contributed by atoms with Gasteiger partial charge in [-0.2, -0.15) is 5.10 Å². The fourth-order valence-electron chi connectivity index (χ4n) is 3.31. The molecule has 7 heteroatoms. The largest absolute Gasteiger partial charge is 0.360 e. The molecule has 2 N–H and O–H groups in total. The summed E-state index contributed by atoms with van der Waals surface area (Å²) in [6.07, 6.45) is 4.75. The normalized spacial score (nSPS) is 13.8. The summed E-state index contributed by atoms with van der Waals surface area (Å²) in [4.78, 5) is 25.8. The van der Waals surface area contributed by atoms with Gasteiger partial charge in [0.25, 0.3) is 0 Å². The van der Waals surface area contributed by atoms with Crippen LogP contribution in [0.4, 0.5) is 11.4 Å². The third-order valence-corrected chi connectivity index (χ3v) is 4.85. The number of aromatic nitrogens is 2. The summed E-state index contributed by atoms with van der Waals surface area (Å²) in [5.74, 6) is -0.00761. The third kappa shape index (κ3) is 4.82. The maximum atomic E-state index is 12.3. The first-order chi connectivity index (χ1) is 14.2. The molecule has 29 heavy (non-hydrogen) atoms. The lowest BCUT2D eigenvalue weighted by Crippen LogP contribution is -2.47. The van der Waals surface area contributed by atoms with Crippen LogP contribution in [0.3, 0.4) is 0 Å². The maximum Gasteiger partial charge on any atom is 0.239 e. The second-order valence-electron chi connectivity index (χ2n) is 7.00. The van der Waals surface area contributed by atoms with Crippen molar-refractivity contribution >= 4 is 23.2 Å². The van der Waals surface area contributed by atoms with Crippen LogP contribution >= 0.6 is 0 Å². The topological polar surface area (TPSA) is 79.3 Å². The van der Waals surface area contributed by atoms with E-state index < -0.39 is 0 Å². The molecule has 3 aromatic rings. The molecule has 0 spiro atoms. The lowest BCUT2D eigenvalue weighted by atomic mass is 10.2. The standard InChI is InChI=1S/C22H23N5O2/c28-21(11-6-17-14-24-27(15-17)20-4-2-1-3-5-20)25-18-7-9-19(10-8-18)26-13-12-23-22(29)16-26/h1-5,7-10,14-15H,6,11-13,16H2,(H,23,29)(H,25,28). The van der Waals surface area contributed by atoms with E-state index in [-0.39, 0.29) is 11.8 Å². The van der Waals surface area contributed by atoms with Crippen molar-refractivity contribution < 1.29 is 9.59 Å². The molecule has 1 saturated heterocycles. The van der Waals surface area contributed by atoms with Crippen LogP contribution < -0.4 is 15.5 Å². The number of carbonyl (C=O) groups excluding carboxylic acids is 2. The Bertz CT molecular complexity index is 982. The lowest BCUT2D eigenvalue weighted by Gasteiger charge is -2.28. The van der Waals surface area contributed by atoms with Crippen molar-refractivity contribution in [1.29, 1.82) is 0 Å². The van der Waals surface area contributed by atoms with Crippen molar-refractivity contribution in [2.75, 3.05) is 29.9 Å². The molecule has 7 nitrogen and oxygen atoms in total. The van der Waals surface area contributed by atoms with Gasteiger partial charge in [0.15, 0.2) is 0 Å². The number of amides is 2. The van der Waals surface area contributed by atoms with Gasteiger partial charge in [-0.05, 0) is 48.4 Å². The molecule has 148 valence electrons. The number of rotatable bonds is 6. The highest BCUT2D eigenvalue weighted by Gasteiger charge is 2.16. The van der Waals surface area contributed by atoms with Crippen molar-refractivity contribution in [2.24, 2.45) is 0 Å². The number of piperazine rings is 1. The predicted molar refractivity (Wildman–Crippen MR) is 112 cm³/mol. The zero-order valence-electron chi connectivity index (χ0n) is 16.0. The number of anilines is 2. The van der Waals surface area contributed by atoms with E-state index in [2.05, 4.69) is 15.7 Å². The number of aryl methyl sites for hydroxylation is 1. The Kier molecular flexibility index (Phi) is 5.56. The molecule has 1 aromatic heterocycles. The van der Waals surface area contributed by atoms with Gasteiger partial charge in [0.1, 0.15) is 0 Å². The molecule has 1 aliphatic heterocycles. The number of hydrogen-bond donors (Lipinski definition) is 2. The van der Waals surface area contributed by atoms with Crippen LogP contribution in [0.5, 0.6) is 0 Å². The molecule has 2 aromatic carbocycles. The van der Waals surface area contributed by atoms with E-state index in [0.717, 1.165) is 29.2 Å². The minimum Gasteiger partial charge on any atom is -0.360 e. The van der Waals surface area contributed by atoms with E-state index in [1.807, 2.05) is 70.4 Å². The van der Waals surface area contributed by atoms with Gasteiger partial charge in [-0.15, -0.1) is 0 Å². The number of nitrogens with one attached hydrogen (secondary N) is 2. The van der Waals surface area contributed by atoms with Crippen LogP contribution in [0.15, 0.2) is 67.0 Å². The van der Waals surface area contributed by atoms with E-state index >= 15 is 0 Å². The molecule has 0 atom stereocenters. The quantitative estimate of drug-likeness (QED) is 0.678. The van der Waals surface area contributed by atoms with E-state index in [0.29, 0.717) is 25.9 Å². The highest BCUT2D eigenvalue weighted by atomic mass is 16.2. The maximum absolute atomic E-state index is 12.3. The Morgan fingerprint density at radius 1 is 1.07 bits per heavy atom. The summed E-state index contributed by atoms with van der Waals surface area (Å²) in [6.45, 7) is 1.80. The number of para-hydroxylation sites is 1. The fourth-order valence-corrected chi connectivity index (χ4v) is 3.31. The van der Waals surface area contributed by atoms with Crippen LogP contribution in [0.25, 0.3) is 5.69 Å². The molecule has 1 aliphatic rings. The molecule has 0 unspecified atom stereocenters. The van der Waals surface area contributed by atoms with E-state index in [4.69, 9.17) is 0 Å². The third-order valence-electron chi connectivity index (χ3n) is 4.85. The van der Waals surface area contributed by atoms with Gasteiger partial charge in [-0.3, -0.25) is 9.59 Å². The van der Waals surface area contributed by atoms with Crippen LogP contribution in [0, 0.1) is 0 Å². The molecule has 2 amide bonds. The lowest BCUT2D eigenvalue weighted by molar-refractivity contribution is -0.120. The van der Waals surface area contributed by atoms with Crippen LogP contribution in [-0.2, 0) is 16.0 Å². The summed E-state index contributed by atoms with van der Waals surface area (Å²) in [6, 6.07) is 17.5. The second-order valence-corrected chi connectivity index (χ2v) is 7.00. The average Bonchev–Trinajstić information content (AvgIpc) is 3.23. The Morgan fingerprint density at radius 2 is 1.86 bits per heavy atom.